The Bertz CT molecular complexity index is 742. The number of hydrogen-bond acceptors (Lipinski definition) is 4. The molecule has 0 unspecified atom stereocenters. The Kier molecular flexibility index (Phi) is 5.16. The molecule has 0 spiro atoms. The average molecular weight is 389 g/mol. The zero-order valence-corrected chi connectivity index (χ0v) is 15.5. The fourth-order valence-electron chi connectivity index (χ4n) is 2.69. The Labute approximate surface area is 150 Å². The number of aromatic nitrogens is 1. The second kappa shape index (κ2) is 7.32. The first-order valence-corrected chi connectivity index (χ1v) is 8.78. The molecule has 1 amide bonds. The lowest BCUT2D eigenvalue weighted by Gasteiger charge is -2.32. The van der Waals surface area contributed by atoms with Crippen molar-refractivity contribution in [1.29, 1.82) is 0 Å². The van der Waals surface area contributed by atoms with Gasteiger partial charge in [-0.3, -0.25) is 9.78 Å². The zero-order chi connectivity index (χ0) is 17.1. The summed E-state index contributed by atoms with van der Waals surface area (Å²) in [6.45, 7) is 5.39. The topological polar surface area (TPSA) is 48.5 Å². The first-order chi connectivity index (χ1) is 11.5. The lowest BCUT2D eigenvalue weighted by Crippen LogP contribution is -2.47. The molecule has 1 fully saturated rings. The number of benzene rings is 1. The molecule has 2 heterocycles. The van der Waals surface area contributed by atoms with Gasteiger partial charge in [-0.25, -0.2) is 0 Å². The van der Waals surface area contributed by atoms with E-state index in [-0.39, 0.29) is 5.91 Å². The summed E-state index contributed by atoms with van der Waals surface area (Å²) in [5.74, 6) is 0.0437. The molecular weight excluding hydrogens is 368 g/mol. The molecule has 0 saturated carbocycles. The van der Waals surface area contributed by atoms with E-state index in [9.17, 15) is 4.79 Å². The van der Waals surface area contributed by atoms with Crippen molar-refractivity contribution in [3.8, 4) is 0 Å². The van der Waals surface area contributed by atoms with Gasteiger partial charge in [0.05, 0.1) is 23.1 Å². The van der Waals surface area contributed by atoms with Crippen molar-refractivity contribution in [2.45, 2.75) is 6.92 Å². The van der Waals surface area contributed by atoms with Crippen LogP contribution < -0.4 is 5.32 Å². The molecule has 126 valence electrons. The largest absolute Gasteiger partial charge is 0.353 e. The summed E-state index contributed by atoms with van der Waals surface area (Å²) >= 11 is 3.56. The minimum absolute atomic E-state index is 0.0437. The van der Waals surface area contributed by atoms with E-state index in [4.69, 9.17) is 0 Å². The standard InChI is InChI=1S/C18H21BrN4O/c1-13-3-4-17(16(19)9-13)21-15-10-14(11-20-12-15)18(24)23-7-5-22(2)6-8-23/h3-4,9-12,21H,5-8H2,1-2H3. The lowest BCUT2D eigenvalue weighted by molar-refractivity contribution is 0.0663. The van der Waals surface area contributed by atoms with Gasteiger partial charge in [-0.1, -0.05) is 6.07 Å². The fraction of sp³-hybridized carbons (Fsp3) is 0.333. The smallest absolute Gasteiger partial charge is 0.255 e. The summed E-state index contributed by atoms with van der Waals surface area (Å²) in [4.78, 5) is 21.0. The van der Waals surface area contributed by atoms with E-state index >= 15 is 0 Å². The number of anilines is 2. The SMILES string of the molecule is Cc1ccc(Nc2cncc(C(=O)N3CCN(C)CC3)c2)c(Br)c1. The maximum atomic E-state index is 12.7. The Morgan fingerprint density at radius 1 is 1.17 bits per heavy atom. The summed E-state index contributed by atoms with van der Waals surface area (Å²) in [6, 6.07) is 7.96. The van der Waals surface area contributed by atoms with Crippen molar-refractivity contribution in [3.63, 3.8) is 0 Å². The van der Waals surface area contributed by atoms with Gasteiger partial charge in [0.25, 0.3) is 5.91 Å². The van der Waals surface area contributed by atoms with Crippen LogP contribution in [0.4, 0.5) is 11.4 Å². The predicted molar refractivity (Wildman–Crippen MR) is 99.8 cm³/mol. The van der Waals surface area contributed by atoms with E-state index in [1.165, 1.54) is 5.56 Å². The molecular formula is C18H21BrN4O. The van der Waals surface area contributed by atoms with Crippen LogP contribution in [0.15, 0.2) is 41.1 Å². The molecule has 1 aromatic heterocycles. The quantitative estimate of drug-likeness (QED) is 0.876. The molecule has 24 heavy (non-hydrogen) atoms. The van der Waals surface area contributed by atoms with E-state index < -0.39 is 0 Å². The fourth-order valence-corrected chi connectivity index (χ4v) is 3.29. The highest BCUT2D eigenvalue weighted by molar-refractivity contribution is 9.10. The van der Waals surface area contributed by atoms with Crippen LogP contribution in [0.5, 0.6) is 0 Å². The summed E-state index contributed by atoms with van der Waals surface area (Å²) in [5.41, 5.74) is 3.56. The zero-order valence-electron chi connectivity index (χ0n) is 13.9. The molecule has 2 aromatic rings. The number of carbonyl (C=O) groups is 1. The Balaban J connectivity index is 1.75. The molecule has 0 aliphatic carbocycles. The summed E-state index contributed by atoms with van der Waals surface area (Å²) in [7, 11) is 2.08. The van der Waals surface area contributed by atoms with Crippen LogP contribution in [0, 0.1) is 6.92 Å². The van der Waals surface area contributed by atoms with Crippen molar-refractivity contribution in [3.05, 3.63) is 52.3 Å². The molecule has 5 nitrogen and oxygen atoms in total. The van der Waals surface area contributed by atoms with Crippen molar-refractivity contribution < 1.29 is 4.79 Å². The second-order valence-electron chi connectivity index (χ2n) is 6.17. The number of aryl methyl sites for hydroxylation is 1. The van der Waals surface area contributed by atoms with E-state index in [2.05, 4.69) is 44.2 Å². The average Bonchev–Trinajstić information content (AvgIpc) is 2.58. The van der Waals surface area contributed by atoms with Gasteiger partial charge >= 0.3 is 0 Å². The molecule has 1 aliphatic heterocycles. The predicted octanol–water partition coefficient (Wildman–Crippen LogP) is 3.28. The third-order valence-corrected chi connectivity index (χ3v) is 4.84. The van der Waals surface area contributed by atoms with Gasteiger partial charge in [0.2, 0.25) is 0 Å². The van der Waals surface area contributed by atoms with Gasteiger partial charge in [-0.2, -0.15) is 0 Å². The number of pyridine rings is 1. The minimum Gasteiger partial charge on any atom is -0.353 e. The van der Waals surface area contributed by atoms with Crippen molar-refractivity contribution >= 4 is 33.2 Å². The molecule has 1 aliphatic rings. The van der Waals surface area contributed by atoms with E-state index in [0.29, 0.717) is 5.56 Å². The van der Waals surface area contributed by atoms with Crippen LogP contribution in [-0.4, -0.2) is 53.9 Å². The number of carbonyl (C=O) groups excluding carboxylic acids is 1. The molecule has 0 bridgehead atoms. The Hall–Kier alpha value is -1.92. The lowest BCUT2D eigenvalue weighted by atomic mass is 10.2. The Morgan fingerprint density at radius 3 is 2.62 bits per heavy atom. The highest BCUT2D eigenvalue weighted by atomic mass is 79.9. The van der Waals surface area contributed by atoms with Gasteiger partial charge in [0, 0.05) is 36.8 Å². The minimum atomic E-state index is 0.0437. The molecule has 3 rings (SSSR count). The molecule has 1 aromatic carbocycles. The third kappa shape index (κ3) is 3.94. The van der Waals surface area contributed by atoms with Gasteiger partial charge in [0.1, 0.15) is 0 Å². The maximum Gasteiger partial charge on any atom is 0.255 e. The van der Waals surface area contributed by atoms with Gasteiger partial charge in [0.15, 0.2) is 0 Å². The molecule has 1 saturated heterocycles. The Morgan fingerprint density at radius 2 is 1.92 bits per heavy atom. The van der Waals surface area contributed by atoms with Crippen LogP contribution in [-0.2, 0) is 0 Å². The number of rotatable bonds is 3. The monoisotopic (exact) mass is 388 g/mol. The van der Waals surface area contributed by atoms with Crippen LogP contribution >= 0.6 is 15.9 Å². The third-order valence-electron chi connectivity index (χ3n) is 4.18. The van der Waals surface area contributed by atoms with Crippen molar-refractivity contribution in [2.24, 2.45) is 0 Å². The summed E-state index contributed by atoms with van der Waals surface area (Å²) in [6.07, 6.45) is 3.36. The number of amides is 1. The van der Waals surface area contributed by atoms with E-state index in [1.807, 2.05) is 30.0 Å². The normalized spacial score (nSPS) is 15.4. The number of piperazine rings is 1. The highest BCUT2D eigenvalue weighted by Gasteiger charge is 2.20. The van der Waals surface area contributed by atoms with E-state index in [1.54, 1.807) is 12.4 Å². The first-order valence-electron chi connectivity index (χ1n) is 7.99. The second-order valence-corrected chi connectivity index (χ2v) is 7.02. The molecule has 1 N–H and O–H groups in total. The van der Waals surface area contributed by atoms with Crippen molar-refractivity contribution in [2.75, 3.05) is 38.5 Å². The van der Waals surface area contributed by atoms with Gasteiger partial charge in [-0.15, -0.1) is 0 Å². The summed E-state index contributed by atoms with van der Waals surface area (Å²) in [5, 5.41) is 3.32. The molecule has 0 radical (unpaired) electrons. The van der Waals surface area contributed by atoms with Crippen LogP contribution in [0.2, 0.25) is 0 Å². The highest BCUT2D eigenvalue weighted by Crippen LogP contribution is 2.27. The van der Waals surface area contributed by atoms with Gasteiger partial charge < -0.3 is 15.1 Å². The number of nitrogens with zero attached hydrogens (tertiary/aromatic N) is 3. The van der Waals surface area contributed by atoms with Gasteiger partial charge in [-0.05, 0) is 53.7 Å². The van der Waals surface area contributed by atoms with Crippen LogP contribution in [0.1, 0.15) is 15.9 Å². The van der Waals surface area contributed by atoms with Crippen LogP contribution in [0.25, 0.3) is 0 Å². The van der Waals surface area contributed by atoms with Crippen molar-refractivity contribution in [1.82, 2.24) is 14.8 Å². The molecule has 0 atom stereocenters. The number of hydrogen-bond donors (Lipinski definition) is 1. The molecule has 6 heteroatoms. The maximum absolute atomic E-state index is 12.7. The summed E-state index contributed by atoms with van der Waals surface area (Å²) < 4.78 is 0.985. The number of likely N-dealkylation sites (N-methyl/N-ethyl adjacent to an activating group) is 1. The first kappa shape index (κ1) is 16.9. The number of halogens is 1. The van der Waals surface area contributed by atoms with Crippen LogP contribution in [0.3, 0.4) is 0 Å². The number of nitrogens with one attached hydrogen (secondary N) is 1. The van der Waals surface area contributed by atoms with E-state index in [0.717, 1.165) is 42.0 Å².